The SMILES string of the molecule is O=C(O)c1cc(S(=O)Cc2ccccc2F)ccc1F. The van der Waals surface area contributed by atoms with Gasteiger partial charge in [0.15, 0.2) is 0 Å². The fraction of sp³-hybridized carbons (Fsp3) is 0.0714. The molecule has 0 heterocycles. The molecule has 1 atom stereocenters. The molecule has 0 aliphatic carbocycles. The summed E-state index contributed by atoms with van der Waals surface area (Å²) >= 11 is 0. The molecule has 0 saturated heterocycles. The Kier molecular flexibility index (Phi) is 4.24. The van der Waals surface area contributed by atoms with Crippen molar-refractivity contribution in [2.75, 3.05) is 0 Å². The zero-order valence-electron chi connectivity index (χ0n) is 10.2. The van der Waals surface area contributed by atoms with Crippen LogP contribution in [-0.2, 0) is 16.6 Å². The zero-order chi connectivity index (χ0) is 14.7. The second-order valence-corrected chi connectivity index (χ2v) is 5.48. The molecule has 0 aliphatic rings. The van der Waals surface area contributed by atoms with Gasteiger partial charge in [0.25, 0.3) is 0 Å². The molecule has 0 aromatic heterocycles. The van der Waals surface area contributed by atoms with Crippen molar-refractivity contribution in [1.82, 2.24) is 0 Å². The van der Waals surface area contributed by atoms with Crippen LogP contribution in [0.5, 0.6) is 0 Å². The number of carbonyl (C=O) groups is 1. The monoisotopic (exact) mass is 296 g/mol. The highest BCUT2D eigenvalue weighted by atomic mass is 32.2. The number of carboxylic acid groups (broad SMARTS) is 1. The molecule has 0 fully saturated rings. The summed E-state index contributed by atoms with van der Waals surface area (Å²) in [6, 6.07) is 9.06. The standard InChI is InChI=1S/C14H10F2O3S/c15-12-4-2-1-3-9(12)8-20(19)10-5-6-13(16)11(7-10)14(17)18/h1-7H,8H2,(H,17,18). The second kappa shape index (κ2) is 5.92. The minimum absolute atomic E-state index is 0.0998. The molecule has 104 valence electrons. The van der Waals surface area contributed by atoms with E-state index in [0.717, 1.165) is 12.1 Å². The number of halogens is 2. The summed E-state index contributed by atoms with van der Waals surface area (Å²) in [5.41, 5.74) is -0.295. The molecule has 3 nitrogen and oxygen atoms in total. The van der Waals surface area contributed by atoms with Crippen molar-refractivity contribution in [2.45, 2.75) is 10.6 Å². The molecule has 1 N–H and O–H groups in total. The number of benzene rings is 2. The van der Waals surface area contributed by atoms with Crippen LogP contribution >= 0.6 is 0 Å². The summed E-state index contributed by atoms with van der Waals surface area (Å²) in [5, 5.41) is 8.81. The van der Waals surface area contributed by atoms with Crippen LogP contribution in [0.3, 0.4) is 0 Å². The van der Waals surface area contributed by atoms with E-state index < -0.39 is 34.0 Å². The van der Waals surface area contributed by atoms with Crippen LogP contribution in [0.15, 0.2) is 47.4 Å². The Labute approximate surface area is 116 Å². The Morgan fingerprint density at radius 3 is 2.45 bits per heavy atom. The molecule has 2 aromatic rings. The first-order chi connectivity index (χ1) is 9.49. The topological polar surface area (TPSA) is 54.4 Å². The molecule has 0 amide bonds. The Bertz CT molecular complexity index is 686. The van der Waals surface area contributed by atoms with E-state index in [9.17, 15) is 17.8 Å². The summed E-state index contributed by atoms with van der Waals surface area (Å²) in [7, 11) is -1.65. The molecular weight excluding hydrogens is 286 g/mol. The lowest BCUT2D eigenvalue weighted by molar-refractivity contribution is 0.0691. The van der Waals surface area contributed by atoms with Crippen LogP contribution in [-0.4, -0.2) is 15.3 Å². The fourth-order valence-electron chi connectivity index (χ4n) is 1.65. The Morgan fingerprint density at radius 2 is 1.80 bits per heavy atom. The Morgan fingerprint density at radius 1 is 1.10 bits per heavy atom. The molecule has 6 heteroatoms. The van der Waals surface area contributed by atoms with E-state index in [1.165, 1.54) is 24.3 Å². The van der Waals surface area contributed by atoms with Crippen LogP contribution in [0.1, 0.15) is 15.9 Å². The highest BCUT2D eigenvalue weighted by Gasteiger charge is 2.15. The van der Waals surface area contributed by atoms with Gasteiger partial charge in [-0.2, -0.15) is 0 Å². The second-order valence-electron chi connectivity index (χ2n) is 4.03. The summed E-state index contributed by atoms with van der Waals surface area (Å²) in [4.78, 5) is 11.0. The Balaban J connectivity index is 2.28. The van der Waals surface area contributed by atoms with Crippen LogP contribution in [0, 0.1) is 11.6 Å². The predicted octanol–water partition coefficient (Wildman–Crippen LogP) is 2.97. The molecule has 0 saturated carbocycles. The average molecular weight is 296 g/mol. The van der Waals surface area contributed by atoms with E-state index in [2.05, 4.69) is 0 Å². The molecule has 1 unspecified atom stereocenters. The number of aromatic carboxylic acids is 1. The third-order valence-electron chi connectivity index (χ3n) is 2.68. The third kappa shape index (κ3) is 3.08. The van der Waals surface area contributed by atoms with Crippen LogP contribution < -0.4 is 0 Å². The number of hydrogen-bond donors (Lipinski definition) is 1. The summed E-state index contributed by atoms with van der Waals surface area (Å²) in [5.74, 6) is -2.92. The summed E-state index contributed by atoms with van der Waals surface area (Å²) < 4.78 is 38.8. The van der Waals surface area contributed by atoms with Gasteiger partial charge in [0, 0.05) is 10.5 Å². The van der Waals surface area contributed by atoms with E-state index in [1.54, 1.807) is 6.07 Å². The van der Waals surface area contributed by atoms with Gasteiger partial charge in [-0.15, -0.1) is 0 Å². The van der Waals surface area contributed by atoms with Crippen LogP contribution in [0.2, 0.25) is 0 Å². The fourth-order valence-corrected chi connectivity index (χ4v) is 2.80. The predicted molar refractivity (Wildman–Crippen MR) is 69.9 cm³/mol. The lowest BCUT2D eigenvalue weighted by Crippen LogP contribution is -2.04. The van der Waals surface area contributed by atoms with Crippen molar-refractivity contribution in [1.29, 1.82) is 0 Å². The number of rotatable bonds is 4. The third-order valence-corrected chi connectivity index (χ3v) is 4.03. The smallest absolute Gasteiger partial charge is 0.338 e. The molecule has 2 rings (SSSR count). The van der Waals surface area contributed by atoms with E-state index in [4.69, 9.17) is 5.11 Å². The van der Waals surface area contributed by atoms with Crippen molar-refractivity contribution in [3.63, 3.8) is 0 Å². The highest BCUT2D eigenvalue weighted by molar-refractivity contribution is 7.84. The Hall–Kier alpha value is -2.08. The lowest BCUT2D eigenvalue weighted by Gasteiger charge is -2.05. The van der Waals surface area contributed by atoms with Crippen molar-refractivity contribution < 1.29 is 22.9 Å². The van der Waals surface area contributed by atoms with Gasteiger partial charge in [0.05, 0.1) is 22.1 Å². The van der Waals surface area contributed by atoms with Gasteiger partial charge in [-0.3, -0.25) is 4.21 Å². The molecule has 0 spiro atoms. The quantitative estimate of drug-likeness (QED) is 0.943. The maximum absolute atomic E-state index is 13.4. The number of hydrogen-bond acceptors (Lipinski definition) is 2. The molecule has 0 bridgehead atoms. The lowest BCUT2D eigenvalue weighted by atomic mass is 10.2. The van der Waals surface area contributed by atoms with Gasteiger partial charge in [-0.05, 0) is 24.3 Å². The first kappa shape index (κ1) is 14.3. The normalized spacial score (nSPS) is 12.1. The first-order valence-electron chi connectivity index (χ1n) is 5.63. The van der Waals surface area contributed by atoms with E-state index >= 15 is 0 Å². The van der Waals surface area contributed by atoms with Crippen molar-refractivity contribution in [3.05, 3.63) is 65.2 Å². The van der Waals surface area contributed by atoms with Crippen molar-refractivity contribution in [2.24, 2.45) is 0 Å². The van der Waals surface area contributed by atoms with Crippen LogP contribution in [0.25, 0.3) is 0 Å². The largest absolute Gasteiger partial charge is 0.478 e. The van der Waals surface area contributed by atoms with E-state index in [0.29, 0.717) is 0 Å². The van der Waals surface area contributed by atoms with Gasteiger partial charge in [0.1, 0.15) is 11.6 Å². The summed E-state index contributed by atoms with van der Waals surface area (Å²) in [6.45, 7) is 0. The molecule has 20 heavy (non-hydrogen) atoms. The molecule has 2 aromatic carbocycles. The maximum Gasteiger partial charge on any atom is 0.338 e. The van der Waals surface area contributed by atoms with E-state index in [-0.39, 0.29) is 16.2 Å². The molecule has 0 aliphatic heterocycles. The first-order valence-corrected chi connectivity index (χ1v) is 6.95. The zero-order valence-corrected chi connectivity index (χ0v) is 11.0. The maximum atomic E-state index is 13.4. The minimum atomic E-state index is -1.65. The van der Waals surface area contributed by atoms with Gasteiger partial charge in [-0.1, -0.05) is 18.2 Å². The van der Waals surface area contributed by atoms with Crippen molar-refractivity contribution in [3.8, 4) is 0 Å². The van der Waals surface area contributed by atoms with Gasteiger partial charge < -0.3 is 5.11 Å². The number of carboxylic acids is 1. The van der Waals surface area contributed by atoms with Crippen LogP contribution in [0.4, 0.5) is 8.78 Å². The molecular formula is C14H10F2O3S. The summed E-state index contributed by atoms with van der Waals surface area (Å²) in [6.07, 6.45) is 0. The molecule has 0 radical (unpaired) electrons. The van der Waals surface area contributed by atoms with Gasteiger partial charge in [-0.25, -0.2) is 13.6 Å². The van der Waals surface area contributed by atoms with Gasteiger partial charge >= 0.3 is 5.97 Å². The van der Waals surface area contributed by atoms with Gasteiger partial charge in [0.2, 0.25) is 0 Å². The van der Waals surface area contributed by atoms with Crippen molar-refractivity contribution >= 4 is 16.8 Å². The average Bonchev–Trinajstić information content (AvgIpc) is 2.41. The van der Waals surface area contributed by atoms with E-state index in [1.807, 2.05) is 0 Å². The highest BCUT2D eigenvalue weighted by Crippen LogP contribution is 2.18. The minimum Gasteiger partial charge on any atom is -0.478 e.